The van der Waals surface area contributed by atoms with Crippen LogP contribution in [0, 0.1) is 5.82 Å². The van der Waals surface area contributed by atoms with Gasteiger partial charge in [0.1, 0.15) is 5.82 Å². The first-order valence-corrected chi connectivity index (χ1v) is 7.30. The van der Waals surface area contributed by atoms with E-state index in [0.717, 1.165) is 16.6 Å². The first-order valence-electron chi connectivity index (χ1n) is 5.46. The zero-order valence-electron chi connectivity index (χ0n) is 9.17. The van der Waals surface area contributed by atoms with Gasteiger partial charge in [-0.2, -0.15) is 11.8 Å². The lowest BCUT2D eigenvalue weighted by molar-refractivity contribution is 0.510. The fourth-order valence-electron chi connectivity index (χ4n) is 1.92. The van der Waals surface area contributed by atoms with Gasteiger partial charge in [0.2, 0.25) is 0 Å². The first kappa shape index (κ1) is 12.4. The van der Waals surface area contributed by atoms with E-state index in [1.807, 2.05) is 11.8 Å². The van der Waals surface area contributed by atoms with Crippen molar-refractivity contribution in [3.05, 3.63) is 34.1 Å². The summed E-state index contributed by atoms with van der Waals surface area (Å²) in [7, 11) is 0. The highest BCUT2D eigenvalue weighted by molar-refractivity contribution is 9.10. The number of benzene rings is 1. The molecule has 88 valence electrons. The number of halogens is 2. The maximum Gasteiger partial charge on any atom is 0.123 e. The van der Waals surface area contributed by atoms with Gasteiger partial charge < -0.3 is 5.32 Å². The number of nitrogens with one attached hydrogen (secondary N) is 1. The Bertz CT molecular complexity index is 372. The Morgan fingerprint density at radius 1 is 1.56 bits per heavy atom. The van der Waals surface area contributed by atoms with Gasteiger partial charge in [0.05, 0.1) is 0 Å². The Morgan fingerprint density at radius 3 is 3.06 bits per heavy atom. The number of hydrogen-bond donors (Lipinski definition) is 1. The summed E-state index contributed by atoms with van der Waals surface area (Å²) in [5.74, 6) is 1.05. The number of rotatable bonds is 3. The average Bonchev–Trinajstić information content (AvgIpc) is 2.66. The zero-order chi connectivity index (χ0) is 11.5. The van der Waals surface area contributed by atoms with Gasteiger partial charge >= 0.3 is 0 Å². The molecule has 1 aliphatic heterocycles. The summed E-state index contributed by atoms with van der Waals surface area (Å²) >= 11 is 5.44. The lowest BCUT2D eigenvalue weighted by atomic mass is 10.1. The number of hydrogen-bond acceptors (Lipinski definition) is 2. The van der Waals surface area contributed by atoms with E-state index in [1.54, 1.807) is 12.1 Å². The molecule has 1 aromatic rings. The Balaban J connectivity index is 1.96. The van der Waals surface area contributed by atoms with Gasteiger partial charge in [-0.3, -0.25) is 0 Å². The highest BCUT2D eigenvalue weighted by Gasteiger charge is 2.23. The first-order chi connectivity index (χ1) is 7.66. The van der Waals surface area contributed by atoms with Gasteiger partial charge in [-0.25, -0.2) is 4.39 Å². The molecule has 0 radical (unpaired) electrons. The minimum Gasteiger partial charge on any atom is -0.309 e. The minimum atomic E-state index is -0.172. The molecule has 1 N–H and O–H groups in total. The summed E-state index contributed by atoms with van der Waals surface area (Å²) in [6, 6.07) is 5.38. The van der Waals surface area contributed by atoms with Gasteiger partial charge in [-0.05, 0) is 35.9 Å². The Morgan fingerprint density at radius 2 is 2.38 bits per heavy atom. The molecule has 2 atom stereocenters. The summed E-state index contributed by atoms with van der Waals surface area (Å²) in [5, 5.41) is 4.16. The van der Waals surface area contributed by atoms with Crippen LogP contribution < -0.4 is 5.32 Å². The molecule has 1 aliphatic rings. The normalized spacial score (nSPS) is 24.9. The maximum atomic E-state index is 13.1. The molecule has 1 nitrogen and oxygen atoms in total. The molecule has 2 rings (SSSR count). The number of thioether (sulfide) groups is 1. The van der Waals surface area contributed by atoms with E-state index in [4.69, 9.17) is 0 Å². The van der Waals surface area contributed by atoms with Crippen molar-refractivity contribution in [3.63, 3.8) is 0 Å². The second-order valence-electron chi connectivity index (χ2n) is 4.09. The van der Waals surface area contributed by atoms with Crippen LogP contribution in [-0.2, 0) is 6.54 Å². The zero-order valence-corrected chi connectivity index (χ0v) is 11.6. The van der Waals surface area contributed by atoms with Gasteiger partial charge in [0.25, 0.3) is 0 Å². The van der Waals surface area contributed by atoms with Crippen molar-refractivity contribution >= 4 is 27.7 Å². The third-order valence-electron chi connectivity index (χ3n) is 2.94. The summed E-state index contributed by atoms with van der Waals surface area (Å²) in [5.41, 5.74) is 0.990. The maximum absolute atomic E-state index is 13.1. The largest absolute Gasteiger partial charge is 0.309 e. The molecule has 0 aromatic heterocycles. The van der Waals surface area contributed by atoms with Crippen LogP contribution in [0.1, 0.15) is 18.9 Å². The van der Waals surface area contributed by atoms with Gasteiger partial charge in [-0.1, -0.05) is 22.9 Å². The minimum absolute atomic E-state index is 0.172. The predicted molar refractivity (Wildman–Crippen MR) is 71.3 cm³/mol. The van der Waals surface area contributed by atoms with Crippen molar-refractivity contribution in [1.82, 2.24) is 5.32 Å². The van der Waals surface area contributed by atoms with Crippen LogP contribution >= 0.6 is 27.7 Å². The Kier molecular flexibility index (Phi) is 4.27. The van der Waals surface area contributed by atoms with E-state index in [1.165, 1.54) is 18.2 Å². The van der Waals surface area contributed by atoms with E-state index >= 15 is 0 Å². The summed E-state index contributed by atoms with van der Waals surface area (Å²) in [4.78, 5) is 0. The second kappa shape index (κ2) is 5.52. The van der Waals surface area contributed by atoms with Crippen LogP contribution in [0.2, 0.25) is 0 Å². The van der Waals surface area contributed by atoms with Crippen LogP contribution in [0.15, 0.2) is 22.7 Å². The SMILES string of the molecule is CC1SCCC1NCc1cc(F)ccc1Br. The van der Waals surface area contributed by atoms with Gasteiger partial charge in [0.15, 0.2) is 0 Å². The van der Waals surface area contributed by atoms with Crippen molar-refractivity contribution in [1.29, 1.82) is 0 Å². The molecule has 1 fully saturated rings. The van der Waals surface area contributed by atoms with Crippen molar-refractivity contribution in [3.8, 4) is 0 Å². The molecule has 0 spiro atoms. The molecule has 1 saturated heterocycles. The lowest BCUT2D eigenvalue weighted by Crippen LogP contribution is -2.32. The van der Waals surface area contributed by atoms with Gasteiger partial charge in [0, 0.05) is 22.3 Å². The summed E-state index contributed by atoms with van der Waals surface area (Å²) < 4.78 is 14.0. The van der Waals surface area contributed by atoms with Crippen LogP contribution in [-0.4, -0.2) is 17.0 Å². The van der Waals surface area contributed by atoms with E-state index in [0.29, 0.717) is 11.3 Å². The van der Waals surface area contributed by atoms with E-state index in [-0.39, 0.29) is 5.82 Å². The fourth-order valence-corrected chi connectivity index (χ4v) is 3.53. The quantitative estimate of drug-likeness (QED) is 0.916. The molecule has 16 heavy (non-hydrogen) atoms. The molecular weight excluding hydrogens is 289 g/mol. The van der Waals surface area contributed by atoms with Crippen LogP contribution in [0.5, 0.6) is 0 Å². The molecular formula is C12H15BrFNS. The second-order valence-corrected chi connectivity index (χ2v) is 6.43. The molecule has 1 aromatic carbocycles. The smallest absolute Gasteiger partial charge is 0.123 e. The topological polar surface area (TPSA) is 12.0 Å². The summed E-state index contributed by atoms with van der Waals surface area (Å²) in [6.07, 6.45) is 1.21. The predicted octanol–water partition coefficient (Wildman–Crippen LogP) is 3.57. The molecule has 0 aliphatic carbocycles. The molecule has 1 heterocycles. The van der Waals surface area contributed by atoms with E-state index in [2.05, 4.69) is 28.2 Å². The molecule has 0 saturated carbocycles. The van der Waals surface area contributed by atoms with Crippen LogP contribution in [0.3, 0.4) is 0 Å². The van der Waals surface area contributed by atoms with Crippen LogP contribution in [0.4, 0.5) is 4.39 Å². The van der Waals surface area contributed by atoms with Gasteiger partial charge in [-0.15, -0.1) is 0 Å². The molecule has 0 amide bonds. The highest BCUT2D eigenvalue weighted by Crippen LogP contribution is 2.27. The van der Waals surface area contributed by atoms with E-state index in [9.17, 15) is 4.39 Å². The van der Waals surface area contributed by atoms with E-state index < -0.39 is 0 Å². The van der Waals surface area contributed by atoms with Crippen LogP contribution in [0.25, 0.3) is 0 Å². The Labute approximate surface area is 108 Å². The molecule has 2 unspecified atom stereocenters. The summed E-state index contributed by atoms with van der Waals surface area (Å²) in [6.45, 7) is 2.98. The van der Waals surface area contributed by atoms with Crippen molar-refractivity contribution in [2.24, 2.45) is 0 Å². The standard InChI is InChI=1S/C12H15BrFNS/c1-8-12(4-5-16-8)15-7-9-6-10(14)2-3-11(9)13/h2-3,6,8,12,15H,4-5,7H2,1H3. The molecule has 4 heteroatoms. The van der Waals surface area contributed by atoms with Crippen molar-refractivity contribution in [2.45, 2.75) is 31.2 Å². The third kappa shape index (κ3) is 2.99. The monoisotopic (exact) mass is 303 g/mol. The Hall–Kier alpha value is -0.0600. The van der Waals surface area contributed by atoms with Crippen molar-refractivity contribution in [2.75, 3.05) is 5.75 Å². The average molecular weight is 304 g/mol. The third-order valence-corrected chi connectivity index (χ3v) is 5.04. The highest BCUT2D eigenvalue weighted by atomic mass is 79.9. The lowest BCUT2D eigenvalue weighted by Gasteiger charge is -2.17. The van der Waals surface area contributed by atoms with Crippen molar-refractivity contribution < 1.29 is 4.39 Å². The fraction of sp³-hybridized carbons (Fsp3) is 0.500. The molecule has 0 bridgehead atoms.